The largest absolute Gasteiger partial charge is 0.491 e. The van der Waals surface area contributed by atoms with E-state index in [9.17, 15) is 9.59 Å². The van der Waals surface area contributed by atoms with E-state index in [-0.39, 0.29) is 18.0 Å². The third-order valence-electron chi connectivity index (χ3n) is 4.56. The summed E-state index contributed by atoms with van der Waals surface area (Å²) in [4.78, 5) is 25.3. The number of anilines is 1. The molecule has 6 nitrogen and oxygen atoms in total. The van der Waals surface area contributed by atoms with Gasteiger partial charge in [0.05, 0.1) is 23.3 Å². The highest BCUT2D eigenvalue weighted by atomic mass is 16.5. The van der Waals surface area contributed by atoms with Gasteiger partial charge in [0.25, 0.3) is 0 Å². The molecule has 0 radical (unpaired) electrons. The summed E-state index contributed by atoms with van der Waals surface area (Å²) in [6, 6.07) is 15.1. The van der Waals surface area contributed by atoms with Gasteiger partial charge < -0.3 is 10.1 Å². The fourth-order valence-corrected chi connectivity index (χ4v) is 3.26. The highest BCUT2D eigenvalue weighted by Crippen LogP contribution is 2.24. The Morgan fingerprint density at radius 1 is 0.929 bits per heavy atom. The van der Waals surface area contributed by atoms with Crippen molar-refractivity contribution >= 4 is 22.6 Å². The lowest BCUT2D eigenvalue weighted by molar-refractivity contribution is -0.116. The number of nitrogens with zero attached hydrogens (tertiary/aromatic N) is 2. The topological polar surface area (TPSA) is 65.3 Å². The number of benzene rings is 2. The molecule has 1 amide bonds. The number of imidazole rings is 1. The first-order valence-electron chi connectivity index (χ1n) is 9.85. The molecule has 0 fully saturated rings. The van der Waals surface area contributed by atoms with E-state index in [1.807, 2.05) is 62.4 Å². The third kappa shape index (κ3) is 4.27. The molecule has 6 heteroatoms. The van der Waals surface area contributed by atoms with Gasteiger partial charge in [0.1, 0.15) is 5.75 Å². The van der Waals surface area contributed by atoms with Gasteiger partial charge >= 0.3 is 5.69 Å². The SMILES string of the molecule is CCCOc1ccccc1NC(=O)CCn1c(=O)n(CCC)c2ccccc21. The Bertz CT molecular complexity index is 1000. The normalized spacial score (nSPS) is 10.9. The average Bonchev–Trinajstić information content (AvgIpc) is 2.97. The van der Waals surface area contributed by atoms with Crippen LogP contribution < -0.4 is 15.7 Å². The van der Waals surface area contributed by atoms with Crippen LogP contribution in [0.25, 0.3) is 11.0 Å². The average molecular weight is 381 g/mol. The van der Waals surface area contributed by atoms with Crippen LogP contribution in [-0.2, 0) is 17.9 Å². The summed E-state index contributed by atoms with van der Waals surface area (Å²) in [5.41, 5.74) is 2.36. The minimum absolute atomic E-state index is 0.0671. The molecule has 0 unspecified atom stereocenters. The number of nitrogens with one attached hydrogen (secondary N) is 1. The zero-order valence-corrected chi connectivity index (χ0v) is 16.5. The summed E-state index contributed by atoms with van der Waals surface area (Å²) < 4.78 is 9.15. The van der Waals surface area contributed by atoms with Gasteiger partial charge in [-0.15, -0.1) is 0 Å². The number of hydrogen-bond donors (Lipinski definition) is 1. The maximum Gasteiger partial charge on any atom is 0.329 e. The number of para-hydroxylation sites is 4. The Labute approximate surface area is 164 Å². The van der Waals surface area contributed by atoms with Crippen molar-refractivity contribution in [1.29, 1.82) is 0 Å². The van der Waals surface area contributed by atoms with Crippen molar-refractivity contribution in [2.45, 2.75) is 46.2 Å². The molecule has 1 N–H and O–H groups in total. The van der Waals surface area contributed by atoms with Gasteiger partial charge in [-0.05, 0) is 37.1 Å². The Hall–Kier alpha value is -3.02. The van der Waals surface area contributed by atoms with Gasteiger partial charge in [0.2, 0.25) is 5.91 Å². The first kappa shape index (κ1) is 19.7. The Morgan fingerprint density at radius 2 is 1.57 bits per heavy atom. The minimum Gasteiger partial charge on any atom is -0.491 e. The van der Waals surface area contributed by atoms with Gasteiger partial charge in [-0.1, -0.05) is 38.1 Å². The summed E-state index contributed by atoms with van der Waals surface area (Å²) >= 11 is 0. The van der Waals surface area contributed by atoms with Crippen molar-refractivity contribution in [3.8, 4) is 5.75 Å². The van der Waals surface area contributed by atoms with E-state index in [0.29, 0.717) is 31.1 Å². The molecule has 0 aliphatic carbocycles. The van der Waals surface area contributed by atoms with Crippen LogP contribution in [0.4, 0.5) is 5.69 Å². The summed E-state index contributed by atoms with van der Waals surface area (Å²) in [5.74, 6) is 0.515. The van der Waals surface area contributed by atoms with E-state index in [1.165, 1.54) is 0 Å². The number of aryl methyl sites for hydroxylation is 2. The maximum absolute atomic E-state index is 12.8. The number of ether oxygens (including phenoxy) is 1. The molecule has 3 rings (SSSR count). The fraction of sp³-hybridized carbons (Fsp3) is 0.364. The van der Waals surface area contributed by atoms with Gasteiger partial charge in [0, 0.05) is 19.5 Å². The smallest absolute Gasteiger partial charge is 0.329 e. The van der Waals surface area contributed by atoms with E-state index >= 15 is 0 Å². The summed E-state index contributed by atoms with van der Waals surface area (Å²) in [6.07, 6.45) is 1.98. The van der Waals surface area contributed by atoms with E-state index in [4.69, 9.17) is 4.74 Å². The molecule has 0 saturated carbocycles. The predicted octanol–water partition coefficient (Wildman–Crippen LogP) is 4.03. The zero-order chi connectivity index (χ0) is 19.9. The molecular formula is C22H27N3O3. The highest BCUT2D eigenvalue weighted by molar-refractivity contribution is 5.92. The monoisotopic (exact) mass is 381 g/mol. The molecule has 0 atom stereocenters. The van der Waals surface area contributed by atoms with Gasteiger partial charge in [0.15, 0.2) is 0 Å². The lowest BCUT2D eigenvalue weighted by atomic mass is 10.2. The second-order valence-corrected chi connectivity index (χ2v) is 6.72. The van der Waals surface area contributed by atoms with Crippen LogP contribution in [0.1, 0.15) is 33.1 Å². The van der Waals surface area contributed by atoms with E-state index in [0.717, 1.165) is 23.9 Å². The molecular weight excluding hydrogens is 354 g/mol. The van der Waals surface area contributed by atoms with Crippen molar-refractivity contribution in [1.82, 2.24) is 9.13 Å². The molecule has 1 aromatic heterocycles. The molecule has 28 heavy (non-hydrogen) atoms. The number of carbonyl (C=O) groups is 1. The molecule has 0 aliphatic rings. The molecule has 3 aromatic rings. The fourth-order valence-electron chi connectivity index (χ4n) is 3.26. The molecule has 1 heterocycles. The van der Waals surface area contributed by atoms with Crippen molar-refractivity contribution in [3.05, 3.63) is 59.0 Å². The number of amides is 1. The number of hydrogen-bond acceptors (Lipinski definition) is 3. The standard InChI is InChI=1S/C22H27N3O3/c1-3-14-24-18-10-6-7-11-19(18)25(22(24)27)15-13-21(26)23-17-9-5-8-12-20(17)28-16-4-2/h5-12H,3-4,13-16H2,1-2H3,(H,23,26). The number of fused-ring (bicyclic) bond motifs is 1. The molecule has 0 saturated heterocycles. The van der Waals surface area contributed by atoms with E-state index < -0.39 is 0 Å². The minimum atomic E-state index is -0.147. The van der Waals surface area contributed by atoms with Crippen molar-refractivity contribution in [2.24, 2.45) is 0 Å². The van der Waals surface area contributed by atoms with Crippen molar-refractivity contribution in [3.63, 3.8) is 0 Å². The lowest BCUT2D eigenvalue weighted by Crippen LogP contribution is -2.26. The first-order chi connectivity index (χ1) is 13.7. The molecule has 148 valence electrons. The van der Waals surface area contributed by atoms with Crippen LogP contribution in [0.5, 0.6) is 5.75 Å². The summed E-state index contributed by atoms with van der Waals surface area (Å²) in [7, 11) is 0. The van der Waals surface area contributed by atoms with Gasteiger partial charge in [-0.3, -0.25) is 13.9 Å². The zero-order valence-electron chi connectivity index (χ0n) is 16.5. The van der Waals surface area contributed by atoms with Gasteiger partial charge in [-0.2, -0.15) is 0 Å². The highest BCUT2D eigenvalue weighted by Gasteiger charge is 2.14. The van der Waals surface area contributed by atoms with Crippen LogP contribution in [-0.4, -0.2) is 21.6 Å². The van der Waals surface area contributed by atoms with Crippen LogP contribution in [0, 0.1) is 0 Å². The summed E-state index contributed by atoms with van der Waals surface area (Å²) in [5, 5.41) is 2.90. The first-order valence-corrected chi connectivity index (χ1v) is 9.85. The number of carbonyl (C=O) groups excluding carboxylic acids is 1. The molecule has 0 aliphatic heterocycles. The van der Waals surface area contributed by atoms with Gasteiger partial charge in [-0.25, -0.2) is 4.79 Å². The van der Waals surface area contributed by atoms with Crippen LogP contribution in [0.2, 0.25) is 0 Å². The molecule has 0 spiro atoms. The van der Waals surface area contributed by atoms with Crippen molar-refractivity contribution < 1.29 is 9.53 Å². The lowest BCUT2D eigenvalue weighted by Gasteiger charge is -2.12. The number of rotatable bonds is 9. The Morgan fingerprint density at radius 3 is 2.25 bits per heavy atom. The van der Waals surface area contributed by atoms with Crippen LogP contribution >= 0.6 is 0 Å². The molecule has 0 bridgehead atoms. The second-order valence-electron chi connectivity index (χ2n) is 6.72. The molecule has 2 aromatic carbocycles. The third-order valence-corrected chi connectivity index (χ3v) is 4.56. The van der Waals surface area contributed by atoms with Crippen LogP contribution in [0.3, 0.4) is 0 Å². The predicted molar refractivity (Wildman–Crippen MR) is 112 cm³/mol. The quantitative estimate of drug-likeness (QED) is 0.609. The van der Waals surface area contributed by atoms with E-state index in [1.54, 1.807) is 9.13 Å². The Kier molecular flexibility index (Phi) is 6.53. The maximum atomic E-state index is 12.8. The van der Waals surface area contributed by atoms with E-state index in [2.05, 4.69) is 5.32 Å². The second kappa shape index (κ2) is 9.26. The Balaban J connectivity index is 1.74. The van der Waals surface area contributed by atoms with Crippen LogP contribution in [0.15, 0.2) is 53.3 Å². The number of aromatic nitrogens is 2. The van der Waals surface area contributed by atoms with Crippen molar-refractivity contribution in [2.75, 3.05) is 11.9 Å². The summed E-state index contributed by atoms with van der Waals surface area (Å²) in [6.45, 7) is 5.68.